The molecule has 3 rings (SSSR count). The summed E-state index contributed by atoms with van der Waals surface area (Å²) >= 11 is 0. The van der Waals surface area contributed by atoms with Gasteiger partial charge < -0.3 is 0 Å². The van der Waals surface area contributed by atoms with Crippen LogP contribution in [0.4, 0.5) is 26.3 Å². The van der Waals surface area contributed by atoms with Gasteiger partial charge in [-0.15, -0.1) is 0 Å². The van der Waals surface area contributed by atoms with E-state index in [1.54, 1.807) is 0 Å². The zero-order valence-electron chi connectivity index (χ0n) is 10.6. The normalized spacial score (nSPS) is 13.0. The lowest BCUT2D eigenvalue weighted by Gasteiger charge is -2.13. The Kier molecular flexibility index (Phi) is 3.01. The first kappa shape index (κ1) is 14.6. The summed E-state index contributed by atoms with van der Waals surface area (Å²) in [7, 11) is 0. The standard InChI is InChI=1S/C14H6F6N2/c15-13(16,17)9-3-5-21-11-7(9)1-2-8-10(14(18,19)20)4-6-22-12(8)11/h1-6H. The molecule has 114 valence electrons. The molecule has 0 radical (unpaired) electrons. The van der Waals surface area contributed by atoms with Crippen LogP contribution in [0.3, 0.4) is 0 Å². The van der Waals surface area contributed by atoms with Gasteiger partial charge >= 0.3 is 12.4 Å². The van der Waals surface area contributed by atoms with E-state index in [-0.39, 0.29) is 21.8 Å². The predicted octanol–water partition coefficient (Wildman–Crippen LogP) is 4.82. The fourth-order valence-corrected chi connectivity index (χ4v) is 2.32. The molecule has 0 saturated heterocycles. The van der Waals surface area contributed by atoms with Gasteiger partial charge in [0.2, 0.25) is 0 Å². The van der Waals surface area contributed by atoms with Crippen molar-refractivity contribution in [1.29, 1.82) is 0 Å². The summed E-state index contributed by atoms with van der Waals surface area (Å²) in [6, 6.07) is 3.54. The highest BCUT2D eigenvalue weighted by molar-refractivity contribution is 6.05. The summed E-state index contributed by atoms with van der Waals surface area (Å²) in [6.07, 6.45) is -7.44. The minimum Gasteiger partial charge on any atom is -0.254 e. The topological polar surface area (TPSA) is 25.8 Å². The number of pyridine rings is 2. The fourth-order valence-electron chi connectivity index (χ4n) is 2.32. The van der Waals surface area contributed by atoms with Crippen molar-refractivity contribution < 1.29 is 26.3 Å². The molecule has 0 fully saturated rings. The van der Waals surface area contributed by atoms with Crippen LogP contribution in [0, 0.1) is 0 Å². The molecule has 0 atom stereocenters. The van der Waals surface area contributed by atoms with Gasteiger partial charge in [0.15, 0.2) is 0 Å². The summed E-state index contributed by atoms with van der Waals surface area (Å²) in [6.45, 7) is 0. The van der Waals surface area contributed by atoms with Crippen LogP contribution in [0.2, 0.25) is 0 Å². The van der Waals surface area contributed by atoms with E-state index < -0.39 is 23.5 Å². The Morgan fingerprint density at radius 2 is 0.955 bits per heavy atom. The molecule has 0 aliphatic carbocycles. The van der Waals surface area contributed by atoms with Crippen LogP contribution < -0.4 is 0 Å². The number of hydrogen-bond donors (Lipinski definition) is 0. The Morgan fingerprint density at radius 3 is 1.27 bits per heavy atom. The minimum atomic E-state index is -4.63. The van der Waals surface area contributed by atoms with Crippen LogP contribution in [-0.2, 0) is 12.4 Å². The molecule has 3 aromatic rings. The molecule has 0 aliphatic rings. The van der Waals surface area contributed by atoms with Gasteiger partial charge in [0.05, 0.1) is 22.2 Å². The maximum absolute atomic E-state index is 13.0. The Balaban J connectivity index is 2.44. The minimum absolute atomic E-state index is 0.210. The van der Waals surface area contributed by atoms with Crippen LogP contribution in [-0.4, -0.2) is 9.97 Å². The van der Waals surface area contributed by atoms with Crippen LogP contribution in [0.15, 0.2) is 36.7 Å². The first-order chi connectivity index (χ1) is 10.2. The highest BCUT2D eigenvalue weighted by Gasteiger charge is 2.35. The van der Waals surface area contributed by atoms with Gasteiger partial charge in [-0.1, -0.05) is 12.1 Å². The van der Waals surface area contributed by atoms with Gasteiger partial charge in [0.1, 0.15) is 0 Å². The van der Waals surface area contributed by atoms with E-state index in [9.17, 15) is 26.3 Å². The average molecular weight is 316 g/mol. The van der Waals surface area contributed by atoms with Crippen LogP contribution in [0.25, 0.3) is 21.8 Å². The molecule has 1 aromatic carbocycles. The van der Waals surface area contributed by atoms with Gasteiger partial charge in [0.25, 0.3) is 0 Å². The maximum atomic E-state index is 13.0. The Bertz CT molecular complexity index is 794. The number of halogens is 6. The lowest BCUT2D eigenvalue weighted by atomic mass is 10.0. The van der Waals surface area contributed by atoms with Crippen molar-refractivity contribution in [2.24, 2.45) is 0 Å². The maximum Gasteiger partial charge on any atom is 0.417 e. The Labute approximate surface area is 119 Å². The molecule has 2 nitrogen and oxygen atoms in total. The summed E-state index contributed by atoms with van der Waals surface area (Å²) < 4.78 is 77.7. The summed E-state index contributed by atoms with van der Waals surface area (Å²) in [5.41, 5.74) is -2.34. The van der Waals surface area contributed by atoms with Crippen LogP contribution in [0.5, 0.6) is 0 Å². The Morgan fingerprint density at radius 1 is 0.591 bits per heavy atom. The first-order valence-corrected chi connectivity index (χ1v) is 6.00. The molecule has 2 heterocycles. The summed E-state index contributed by atoms with van der Waals surface area (Å²) in [5.74, 6) is 0. The molecule has 0 bridgehead atoms. The van der Waals surface area contributed by atoms with Crippen molar-refractivity contribution in [2.45, 2.75) is 12.4 Å². The highest BCUT2D eigenvalue weighted by atomic mass is 19.4. The first-order valence-electron chi connectivity index (χ1n) is 6.00. The second-order valence-electron chi connectivity index (χ2n) is 4.57. The van der Waals surface area contributed by atoms with Crippen molar-refractivity contribution in [2.75, 3.05) is 0 Å². The summed E-state index contributed by atoms with van der Waals surface area (Å²) in [4.78, 5) is 7.55. The van der Waals surface area contributed by atoms with E-state index in [0.717, 1.165) is 36.7 Å². The summed E-state index contributed by atoms with van der Waals surface area (Å²) in [5, 5.41) is -0.566. The van der Waals surface area contributed by atoms with Crippen molar-refractivity contribution in [3.05, 3.63) is 47.8 Å². The van der Waals surface area contributed by atoms with Crippen molar-refractivity contribution >= 4 is 21.8 Å². The molecule has 8 heteroatoms. The molecular weight excluding hydrogens is 310 g/mol. The molecular formula is C14H6F6N2. The zero-order valence-corrected chi connectivity index (χ0v) is 10.6. The molecule has 0 unspecified atom stereocenters. The number of rotatable bonds is 0. The average Bonchev–Trinajstić information content (AvgIpc) is 2.43. The van der Waals surface area contributed by atoms with Crippen molar-refractivity contribution in [3.63, 3.8) is 0 Å². The number of aromatic nitrogens is 2. The van der Waals surface area contributed by atoms with E-state index in [1.165, 1.54) is 0 Å². The van der Waals surface area contributed by atoms with Crippen LogP contribution in [0.1, 0.15) is 11.1 Å². The molecule has 0 aliphatic heterocycles. The van der Waals surface area contributed by atoms with Gasteiger partial charge in [-0.2, -0.15) is 26.3 Å². The predicted molar refractivity (Wildman–Crippen MR) is 67.0 cm³/mol. The third-order valence-corrected chi connectivity index (χ3v) is 3.23. The fraction of sp³-hybridized carbons (Fsp3) is 0.143. The van der Waals surface area contributed by atoms with E-state index in [0.29, 0.717) is 0 Å². The number of alkyl halides is 6. The largest absolute Gasteiger partial charge is 0.417 e. The molecule has 0 amide bonds. The highest BCUT2D eigenvalue weighted by Crippen LogP contribution is 2.39. The van der Waals surface area contributed by atoms with E-state index in [4.69, 9.17) is 0 Å². The number of benzene rings is 1. The second kappa shape index (κ2) is 4.56. The van der Waals surface area contributed by atoms with E-state index in [2.05, 4.69) is 9.97 Å². The molecule has 2 aromatic heterocycles. The monoisotopic (exact) mass is 316 g/mol. The third kappa shape index (κ3) is 2.24. The number of nitrogens with zero attached hydrogens (tertiary/aromatic N) is 2. The van der Waals surface area contributed by atoms with Gasteiger partial charge in [-0.05, 0) is 12.1 Å². The molecule has 22 heavy (non-hydrogen) atoms. The van der Waals surface area contributed by atoms with Crippen LogP contribution >= 0.6 is 0 Å². The lowest BCUT2D eigenvalue weighted by molar-refractivity contribution is -0.137. The Hall–Kier alpha value is -2.38. The van der Waals surface area contributed by atoms with E-state index in [1.807, 2.05) is 0 Å². The molecule has 0 spiro atoms. The quantitative estimate of drug-likeness (QED) is 0.439. The lowest BCUT2D eigenvalue weighted by Crippen LogP contribution is -2.08. The van der Waals surface area contributed by atoms with Gasteiger partial charge in [0, 0.05) is 23.2 Å². The molecule has 0 saturated carbocycles. The van der Waals surface area contributed by atoms with E-state index >= 15 is 0 Å². The smallest absolute Gasteiger partial charge is 0.254 e. The zero-order chi connectivity index (χ0) is 16.1. The third-order valence-electron chi connectivity index (χ3n) is 3.23. The van der Waals surface area contributed by atoms with Gasteiger partial charge in [-0.25, -0.2) is 0 Å². The second-order valence-corrected chi connectivity index (χ2v) is 4.57. The van der Waals surface area contributed by atoms with Crippen molar-refractivity contribution in [3.8, 4) is 0 Å². The number of hydrogen-bond acceptors (Lipinski definition) is 2. The SMILES string of the molecule is FC(F)(F)c1ccnc2c1ccc1c(C(F)(F)F)ccnc12. The molecule has 0 N–H and O–H groups in total. The number of fused-ring (bicyclic) bond motifs is 3. The van der Waals surface area contributed by atoms with Crippen molar-refractivity contribution in [1.82, 2.24) is 9.97 Å². The van der Waals surface area contributed by atoms with Gasteiger partial charge in [-0.3, -0.25) is 9.97 Å².